The fourth-order valence-electron chi connectivity index (χ4n) is 2.32. The third-order valence-electron chi connectivity index (χ3n) is 3.30. The first kappa shape index (κ1) is 14.3. The van der Waals surface area contributed by atoms with Crippen molar-refractivity contribution in [2.45, 2.75) is 25.6 Å². The van der Waals surface area contributed by atoms with E-state index in [-0.39, 0.29) is 0 Å². The van der Waals surface area contributed by atoms with Crippen LogP contribution in [-0.4, -0.2) is 33.8 Å². The Morgan fingerprint density at radius 1 is 1.24 bits per heavy atom. The molecule has 5 heteroatoms. The largest absolute Gasteiger partial charge is 0.486 e. The molecule has 4 nitrogen and oxygen atoms in total. The lowest BCUT2D eigenvalue weighted by Gasteiger charge is -2.19. The van der Waals surface area contributed by atoms with Crippen molar-refractivity contribution in [2.75, 3.05) is 19.0 Å². The van der Waals surface area contributed by atoms with Crippen LogP contribution in [0.15, 0.2) is 30.6 Å². The molecule has 0 spiro atoms. The number of thioether (sulfide) groups is 1. The number of hydrogen-bond donors (Lipinski definition) is 0. The van der Waals surface area contributed by atoms with Gasteiger partial charge in [-0.2, -0.15) is 11.8 Å². The summed E-state index contributed by atoms with van der Waals surface area (Å²) >= 11 is 1.96. The number of hydrogen-bond acceptors (Lipinski definition) is 4. The zero-order chi connectivity index (χ0) is 14.7. The van der Waals surface area contributed by atoms with E-state index in [2.05, 4.69) is 23.4 Å². The second-order valence-electron chi connectivity index (χ2n) is 5.22. The Kier molecular flexibility index (Phi) is 4.39. The van der Waals surface area contributed by atoms with Crippen molar-refractivity contribution in [3.63, 3.8) is 0 Å². The maximum atomic E-state index is 5.65. The van der Waals surface area contributed by atoms with E-state index >= 15 is 0 Å². The van der Waals surface area contributed by atoms with Crippen LogP contribution >= 0.6 is 11.8 Å². The van der Waals surface area contributed by atoms with Crippen molar-refractivity contribution in [1.82, 2.24) is 9.55 Å². The molecule has 0 saturated heterocycles. The Hall–Kier alpha value is -1.62. The summed E-state index contributed by atoms with van der Waals surface area (Å²) in [6.45, 7) is 6.64. The van der Waals surface area contributed by atoms with Crippen molar-refractivity contribution in [2.24, 2.45) is 0 Å². The molecule has 0 bridgehead atoms. The Bertz CT molecular complexity index is 610. The van der Waals surface area contributed by atoms with Crippen LogP contribution in [0.5, 0.6) is 11.5 Å². The lowest BCUT2D eigenvalue weighted by Crippen LogP contribution is -2.15. The van der Waals surface area contributed by atoms with Gasteiger partial charge < -0.3 is 14.0 Å². The predicted molar refractivity (Wildman–Crippen MR) is 86.2 cm³/mol. The van der Waals surface area contributed by atoms with Gasteiger partial charge in [0.15, 0.2) is 11.5 Å². The summed E-state index contributed by atoms with van der Waals surface area (Å²) in [5.74, 6) is 3.70. The lowest BCUT2D eigenvalue weighted by molar-refractivity contribution is 0.171. The average molecular weight is 304 g/mol. The Morgan fingerprint density at radius 2 is 2.05 bits per heavy atom. The number of fused-ring (bicyclic) bond motifs is 1. The van der Waals surface area contributed by atoms with Crippen molar-refractivity contribution in [1.29, 1.82) is 0 Å². The zero-order valence-electron chi connectivity index (χ0n) is 12.4. The molecule has 0 atom stereocenters. The average Bonchev–Trinajstić information content (AvgIpc) is 2.95. The Labute approximate surface area is 129 Å². The highest BCUT2D eigenvalue weighted by Crippen LogP contribution is 2.34. The number of imidazole rings is 1. The van der Waals surface area contributed by atoms with Crippen molar-refractivity contribution in [3.8, 4) is 22.9 Å². The molecule has 0 aliphatic carbocycles. The molecule has 1 aliphatic rings. The van der Waals surface area contributed by atoms with E-state index in [1.165, 1.54) is 0 Å². The summed E-state index contributed by atoms with van der Waals surface area (Å²) in [5, 5.41) is 0.659. The van der Waals surface area contributed by atoms with E-state index in [1.54, 1.807) is 0 Å². The minimum atomic E-state index is 0.607. The van der Waals surface area contributed by atoms with Crippen LogP contribution in [0.2, 0.25) is 0 Å². The molecule has 21 heavy (non-hydrogen) atoms. The molecule has 1 aromatic carbocycles. The Morgan fingerprint density at radius 3 is 2.86 bits per heavy atom. The molecule has 0 unspecified atom stereocenters. The van der Waals surface area contributed by atoms with E-state index in [1.807, 2.05) is 42.4 Å². The first-order chi connectivity index (χ1) is 10.2. The van der Waals surface area contributed by atoms with Gasteiger partial charge in [0.05, 0.1) is 0 Å². The van der Waals surface area contributed by atoms with E-state index in [9.17, 15) is 0 Å². The SMILES string of the molecule is CC(C)SCCn1ccnc1-c1ccc2c(c1)OCCO2. The van der Waals surface area contributed by atoms with Gasteiger partial charge in [0, 0.05) is 30.3 Å². The van der Waals surface area contributed by atoms with Gasteiger partial charge in [0.1, 0.15) is 19.0 Å². The van der Waals surface area contributed by atoms with Crippen LogP contribution in [0.3, 0.4) is 0 Å². The minimum absolute atomic E-state index is 0.607. The smallest absolute Gasteiger partial charge is 0.162 e. The van der Waals surface area contributed by atoms with Crippen LogP contribution in [0, 0.1) is 0 Å². The van der Waals surface area contributed by atoms with Crippen LogP contribution in [-0.2, 0) is 6.54 Å². The molecule has 3 rings (SSSR count). The van der Waals surface area contributed by atoms with Gasteiger partial charge in [-0.3, -0.25) is 0 Å². The highest BCUT2D eigenvalue weighted by Gasteiger charge is 2.14. The maximum Gasteiger partial charge on any atom is 0.162 e. The molecule has 1 aromatic heterocycles. The van der Waals surface area contributed by atoms with Crippen LogP contribution in [0.4, 0.5) is 0 Å². The first-order valence-electron chi connectivity index (χ1n) is 7.27. The summed E-state index contributed by atoms with van der Waals surface area (Å²) < 4.78 is 13.4. The number of aromatic nitrogens is 2. The number of aryl methyl sites for hydroxylation is 1. The molecular formula is C16H20N2O2S. The topological polar surface area (TPSA) is 36.3 Å². The highest BCUT2D eigenvalue weighted by atomic mass is 32.2. The summed E-state index contributed by atoms with van der Waals surface area (Å²) in [5.41, 5.74) is 1.07. The number of benzene rings is 1. The van der Waals surface area contributed by atoms with E-state index in [4.69, 9.17) is 9.47 Å². The second kappa shape index (κ2) is 6.43. The van der Waals surface area contributed by atoms with E-state index < -0.39 is 0 Å². The predicted octanol–water partition coefficient (Wildman–Crippen LogP) is 3.46. The first-order valence-corrected chi connectivity index (χ1v) is 8.31. The molecule has 1 aliphatic heterocycles. The third-order valence-corrected chi connectivity index (χ3v) is 4.38. The van der Waals surface area contributed by atoms with Crippen molar-refractivity contribution >= 4 is 11.8 Å². The minimum Gasteiger partial charge on any atom is -0.486 e. The summed E-state index contributed by atoms with van der Waals surface area (Å²) in [7, 11) is 0. The van der Waals surface area contributed by atoms with Gasteiger partial charge >= 0.3 is 0 Å². The fraction of sp³-hybridized carbons (Fsp3) is 0.438. The number of ether oxygens (including phenoxy) is 2. The number of rotatable bonds is 5. The van der Waals surface area contributed by atoms with Crippen LogP contribution in [0.1, 0.15) is 13.8 Å². The highest BCUT2D eigenvalue weighted by molar-refractivity contribution is 7.99. The second-order valence-corrected chi connectivity index (χ2v) is 6.91. The molecule has 2 aromatic rings. The molecule has 0 radical (unpaired) electrons. The zero-order valence-corrected chi connectivity index (χ0v) is 13.2. The van der Waals surface area contributed by atoms with Gasteiger partial charge in [0.25, 0.3) is 0 Å². The summed E-state index contributed by atoms with van der Waals surface area (Å²) in [6, 6.07) is 6.02. The van der Waals surface area contributed by atoms with Gasteiger partial charge in [-0.15, -0.1) is 0 Å². The van der Waals surface area contributed by atoms with Gasteiger partial charge in [-0.1, -0.05) is 13.8 Å². The van der Waals surface area contributed by atoms with E-state index in [0.29, 0.717) is 18.5 Å². The normalized spacial score (nSPS) is 13.7. The maximum absolute atomic E-state index is 5.65. The molecule has 0 fully saturated rings. The Balaban J connectivity index is 1.79. The monoisotopic (exact) mass is 304 g/mol. The van der Waals surface area contributed by atoms with E-state index in [0.717, 1.165) is 35.2 Å². The van der Waals surface area contributed by atoms with Crippen LogP contribution in [0.25, 0.3) is 11.4 Å². The molecule has 112 valence electrons. The third kappa shape index (κ3) is 3.35. The number of nitrogens with zero attached hydrogens (tertiary/aromatic N) is 2. The molecular weight excluding hydrogens is 284 g/mol. The molecule has 0 amide bonds. The molecule has 0 saturated carbocycles. The van der Waals surface area contributed by atoms with Crippen molar-refractivity contribution < 1.29 is 9.47 Å². The standard InChI is InChI=1S/C16H20N2O2S/c1-12(2)21-10-7-18-6-5-17-16(18)13-3-4-14-15(11-13)20-9-8-19-14/h3-6,11-12H,7-10H2,1-2H3. The quantitative estimate of drug-likeness (QED) is 0.847. The fourth-order valence-corrected chi connectivity index (χ4v) is 3.09. The van der Waals surface area contributed by atoms with Crippen LogP contribution < -0.4 is 9.47 Å². The summed E-state index contributed by atoms with van der Waals surface area (Å²) in [4.78, 5) is 4.49. The van der Waals surface area contributed by atoms with Gasteiger partial charge in [0.2, 0.25) is 0 Å². The molecule has 0 N–H and O–H groups in total. The lowest BCUT2D eigenvalue weighted by atomic mass is 10.2. The van der Waals surface area contributed by atoms with Gasteiger partial charge in [-0.25, -0.2) is 4.98 Å². The molecule has 2 heterocycles. The van der Waals surface area contributed by atoms with Gasteiger partial charge in [-0.05, 0) is 23.4 Å². The van der Waals surface area contributed by atoms with Crippen molar-refractivity contribution in [3.05, 3.63) is 30.6 Å². The summed E-state index contributed by atoms with van der Waals surface area (Å²) in [6.07, 6.45) is 3.89.